The van der Waals surface area contributed by atoms with Crippen LogP contribution in [0.5, 0.6) is 23.1 Å². The van der Waals surface area contributed by atoms with Crippen molar-refractivity contribution in [3.63, 3.8) is 0 Å². The number of alkyl halides is 3. The standard InChI is InChI=1S/C20H14ClF3N2O4/c1-12(19(27)30-16-3-2-8-25-11-16)28-14-4-6-15(7-5-14)29-18-17(21)9-13(10-26-18)20(22,23)24/h2-12H,1H3. The number of hydrogen-bond donors (Lipinski definition) is 0. The lowest BCUT2D eigenvalue weighted by molar-refractivity contribution is -0.141. The van der Waals surface area contributed by atoms with Crippen LogP contribution in [0.3, 0.4) is 0 Å². The van der Waals surface area contributed by atoms with E-state index in [0.717, 1.165) is 6.07 Å². The van der Waals surface area contributed by atoms with Gasteiger partial charge in [-0.15, -0.1) is 0 Å². The molecule has 156 valence electrons. The van der Waals surface area contributed by atoms with Crippen molar-refractivity contribution < 1.29 is 32.2 Å². The van der Waals surface area contributed by atoms with E-state index in [4.69, 9.17) is 25.8 Å². The van der Waals surface area contributed by atoms with E-state index < -0.39 is 23.8 Å². The molecule has 2 aromatic heterocycles. The molecule has 6 nitrogen and oxygen atoms in total. The molecule has 30 heavy (non-hydrogen) atoms. The van der Waals surface area contributed by atoms with Crippen LogP contribution >= 0.6 is 11.6 Å². The van der Waals surface area contributed by atoms with Crippen LogP contribution in [0.15, 0.2) is 61.1 Å². The van der Waals surface area contributed by atoms with Crippen LogP contribution in [0.2, 0.25) is 5.02 Å². The molecule has 0 amide bonds. The molecule has 0 spiro atoms. The van der Waals surface area contributed by atoms with E-state index in [9.17, 15) is 18.0 Å². The van der Waals surface area contributed by atoms with E-state index in [0.29, 0.717) is 17.7 Å². The first-order valence-corrected chi connectivity index (χ1v) is 8.89. The van der Waals surface area contributed by atoms with Crippen molar-refractivity contribution in [3.05, 3.63) is 71.6 Å². The summed E-state index contributed by atoms with van der Waals surface area (Å²) in [6, 6.07) is 9.96. The summed E-state index contributed by atoms with van der Waals surface area (Å²) in [5.41, 5.74) is -0.976. The third kappa shape index (κ3) is 5.60. The van der Waals surface area contributed by atoms with Gasteiger partial charge in [-0.05, 0) is 49.4 Å². The average Bonchev–Trinajstić information content (AvgIpc) is 2.71. The summed E-state index contributed by atoms with van der Waals surface area (Å²) >= 11 is 5.82. The van der Waals surface area contributed by atoms with Crippen molar-refractivity contribution >= 4 is 17.6 Å². The number of carbonyl (C=O) groups is 1. The second-order valence-corrected chi connectivity index (χ2v) is 6.36. The first-order valence-electron chi connectivity index (χ1n) is 8.51. The maximum atomic E-state index is 12.7. The van der Waals surface area contributed by atoms with Crippen LogP contribution in [-0.2, 0) is 11.0 Å². The number of nitrogens with zero attached hydrogens (tertiary/aromatic N) is 2. The number of benzene rings is 1. The quantitative estimate of drug-likeness (QED) is 0.485. The predicted octanol–water partition coefficient (Wildman–Crippen LogP) is 5.31. The Bertz CT molecular complexity index is 1010. The molecule has 0 aliphatic heterocycles. The fourth-order valence-corrected chi connectivity index (χ4v) is 2.42. The topological polar surface area (TPSA) is 70.5 Å². The van der Waals surface area contributed by atoms with Gasteiger partial charge in [0.15, 0.2) is 6.10 Å². The number of rotatable bonds is 6. The molecular weight excluding hydrogens is 425 g/mol. The van der Waals surface area contributed by atoms with Crippen molar-refractivity contribution in [1.29, 1.82) is 0 Å². The van der Waals surface area contributed by atoms with Gasteiger partial charge < -0.3 is 14.2 Å². The predicted molar refractivity (Wildman–Crippen MR) is 101 cm³/mol. The zero-order valence-corrected chi connectivity index (χ0v) is 16.1. The van der Waals surface area contributed by atoms with Crippen LogP contribution in [0, 0.1) is 0 Å². The van der Waals surface area contributed by atoms with Gasteiger partial charge in [-0.25, -0.2) is 9.78 Å². The van der Waals surface area contributed by atoms with E-state index in [1.165, 1.54) is 37.4 Å². The van der Waals surface area contributed by atoms with E-state index in [2.05, 4.69) is 9.97 Å². The van der Waals surface area contributed by atoms with Gasteiger partial charge in [0.05, 0.1) is 11.8 Å². The van der Waals surface area contributed by atoms with Crippen LogP contribution in [0.25, 0.3) is 0 Å². The highest BCUT2D eigenvalue weighted by molar-refractivity contribution is 6.31. The molecule has 0 radical (unpaired) electrons. The zero-order chi connectivity index (χ0) is 21.7. The summed E-state index contributed by atoms with van der Waals surface area (Å²) in [6.45, 7) is 1.52. The Kier molecular flexibility index (Phi) is 6.41. The molecule has 0 saturated heterocycles. The Hall–Kier alpha value is -3.33. The van der Waals surface area contributed by atoms with Crippen molar-refractivity contribution in [1.82, 2.24) is 9.97 Å². The SMILES string of the molecule is CC(Oc1ccc(Oc2ncc(C(F)(F)F)cc2Cl)cc1)C(=O)Oc1cccnc1. The first kappa shape index (κ1) is 21.4. The Morgan fingerprint density at radius 2 is 1.77 bits per heavy atom. The summed E-state index contributed by atoms with van der Waals surface area (Å²) in [5.74, 6) is 0.130. The molecule has 3 aromatic rings. The van der Waals surface area contributed by atoms with Crippen molar-refractivity contribution in [2.24, 2.45) is 0 Å². The molecular formula is C20H14ClF3N2O4. The third-order valence-corrected chi connectivity index (χ3v) is 3.94. The molecule has 0 aliphatic rings. The van der Waals surface area contributed by atoms with E-state index in [1.807, 2.05) is 0 Å². The summed E-state index contributed by atoms with van der Waals surface area (Å²) in [5, 5.41) is -0.281. The lowest BCUT2D eigenvalue weighted by Gasteiger charge is -2.14. The second-order valence-electron chi connectivity index (χ2n) is 5.95. The molecule has 1 unspecified atom stereocenters. The number of carbonyl (C=O) groups excluding carboxylic acids is 1. The van der Waals surface area contributed by atoms with Gasteiger partial charge in [0.1, 0.15) is 22.3 Å². The third-order valence-electron chi connectivity index (χ3n) is 3.67. The highest BCUT2D eigenvalue weighted by atomic mass is 35.5. The Morgan fingerprint density at radius 3 is 2.37 bits per heavy atom. The molecule has 3 rings (SSSR count). The lowest BCUT2D eigenvalue weighted by atomic mass is 10.3. The van der Waals surface area contributed by atoms with Crippen molar-refractivity contribution in [3.8, 4) is 23.1 Å². The number of esters is 1. The summed E-state index contributed by atoms with van der Waals surface area (Å²) in [7, 11) is 0. The minimum absolute atomic E-state index is 0.174. The second kappa shape index (κ2) is 9.00. The van der Waals surface area contributed by atoms with Crippen LogP contribution in [0.4, 0.5) is 13.2 Å². The fraction of sp³-hybridized carbons (Fsp3) is 0.150. The van der Waals surface area contributed by atoms with E-state index in [-0.39, 0.29) is 16.7 Å². The molecule has 0 fully saturated rings. The average molecular weight is 439 g/mol. The zero-order valence-electron chi connectivity index (χ0n) is 15.4. The lowest BCUT2D eigenvalue weighted by Crippen LogP contribution is -2.28. The molecule has 0 saturated carbocycles. The monoisotopic (exact) mass is 438 g/mol. The van der Waals surface area contributed by atoms with E-state index >= 15 is 0 Å². The van der Waals surface area contributed by atoms with Gasteiger partial charge in [0.2, 0.25) is 5.88 Å². The molecule has 0 aliphatic carbocycles. The fourth-order valence-electron chi connectivity index (χ4n) is 2.21. The molecule has 1 aromatic carbocycles. The maximum Gasteiger partial charge on any atom is 0.417 e. The highest BCUT2D eigenvalue weighted by Gasteiger charge is 2.31. The minimum Gasteiger partial charge on any atom is -0.479 e. The summed E-state index contributed by atoms with van der Waals surface area (Å²) in [4.78, 5) is 19.5. The van der Waals surface area contributed by atoms with Crippen LogP contribution < -0.4 is 14.2 Å². The van der Waals surface area contributed by atoms with Gasteiger partial charge >= 0.3 is 12.1 Å². The number of halogens is 4. The van der Waals surface area contributed by atoms with Gasteiger partial charge in [-0.3, -0.25) is 4.98 Å². The van der Waals surface area contributed by atoms with E-state index in [1.54, 1.807) is 18.3 Å². The highest BCUT2D eigenvalue weighted by Crippen LogP contribution is 2.34. The van der Waals surface area contributed by atoms with Crippen molar-refractivity contribution in [2.75, 3.05) is 0 Å². The molecule has 10 heteroatoms. The first-order chi connectivity index (χ1) is 14.2. The number of aromatic nitrogens is 2. The minimum atomic E-state index is -4.55. The normalized spacial score (nSPS) is 12.2. The Labute approximate surface area is 174 Å². The van der Waals surface area contributed by atoms with Crippen LogP contribution in [0.1, 0.15) is 12.5 Å². The largest absolute Gasteiger partial charge is 0.479 e. The van der Waals surface area contributed by atoms with Crippen LogP contribution in [-0.4, -0.2) is 22.0 Å². The summed E-state index contributed by atoms with van der Waals surface area (Å²) in [6.07, 6.45) is -1.87. The number of hydrogen-bond acceptors (Lipinski definition) is 6. The smallest absolute Gasteiger partial charge is 0.417 e. The molecule has 2 heterocycles. The summed E-state index contributed by atoms with van der Waals surface area (Å²) < 4.78 is 54.0. The van der Waals surface area contributed by atoms with Gasteiger partial charge in [-0.2, -0.15) is 13.2 Å². The molecule has 1 atom stereocenters. The number of pyridine rings is 2. The van der Waals surface area contributed by atoms with Gasteiger partial charge in [0, 0.05) is 12.4 Å². The van der Waals surface area contributed by atoms with Crippen molar-refractivity contribution in [2.45, 2.75) is 19.2 Å². The van der Waals surface area contributed by atoms with Gasteiger partial charge in [0.25, 0.3) is 0 Å². The molecule has 0 N–H and O–H groups in total. The Morgan fingerprint density at radius 1 is 1.07 bits per heavy atom. The van der Waals surface area contributed by atoms with Gasteiger partial charge in [-0.1, -0.05) is 11.6 Å². The number of ether oxygens (including phenoxy) is 3. The maximum absolute atomic E-state index is 12.7. The Balaban J connectivity index is 1.60. The molecule has 0 bridgehead atoms.